The fraction of sp³-hybridized carbons (Fsp3) is 0.214. The maximum absolute atomic E-state index is 10.7. The first-order chi connectivity index (χ1) is 10.1. The van der Waals surface area contributed by atoms with E-state index in [2.05, 4.69) is 9.97 Å². The quantitative estimate of drug-likeness (QED) is 0.491. The molecule has 0 bridgehead atoms. The zero-order valence-corrected chi connectivity index (χ0v) is 11.5. The molecule has 0 radical (unpaired) electrons. The van der Waals surface area contributed by atoms with E-state index in [0.717, 1.165) is 12.8 Å². The predicted octanol–water partition coefficient (Wildman–Crippen LogP) is 3.45. The molecular weight excluding hydrogens is 292 g/mol. The smallest absolute Gasteiger partial charge is 0.258 e. The fourth-order valence-corrected chi connectivity index (χ4v) is 2.29. The van der Waals surface area contributed by atoms with Crippen LogP contribution in [-0.2, 0) is 0 Å². The summed E-state index contributed by atoms with van der Waals surface area (Å²) < 4.78 is 0. The highest BCUT2D eigenvalue weighted by Crippen LogP contribution is 2.42. The fourth-order valence-electron chi connectivity index (χ4n) is 2.07. The normalized spacial score (nSPS) is 13.7. The lowest BCUT2D eigenvalue weighted by Gasteiger charge is -2.07. The number of nitro groups is 1. The third-order valence-electron chi connectivity index (χ3n) is 3.31. The van der Waals surface area contributed by atoms with Gasteiger partial charge in [0, 0.05) is 23.6 Å². The van der Waals surface area contributed by atoms with Gasteiger partial charge in [-0.3, -0.25) is 10.1 Å². The van der Waals surface area contributed by atoms with Gasteiger partial charge in [0.05, 0.1) is 10.6 Å². The molecule has 3 rings (SSSR count). The van der Waals surface area contributed by atoms with Crippen LogP contribution in [0, 0.1) is 21.4 Å². The van der Waals surface area contributed by atoms with E-state index < -0.39 is 4.92 Å². The minimum Gasteiger partial charge on any atom is -0.258 e. The molecule has 0 N–H and O–H groups in total. The lowest BCUT2D eigenvalue weighted by Crippen LogP contribution is -2.00. The molecule has 7 heteroatoms. The Bertz CT molecular complexity index is 764. The van der Waals surface area contributed by atoms with Crippen molar-refractivity contribution in [1.82, 2.24) is 9.97 Å². The summed E-state index contributed by atoms with van der Waals surface area (Å²) in [7, 11) is 0. The van der Waals surface area contributed by atoms with E-state index >= 15 is 0 Å². The van der Waals surface area contributed by atoms with Gasteiger partial charge in [-0.1, -0.05) is 11.6 Å². The summed E-state index contributed by atoms with van der Waals surface area (Å²) in [5.74, 6) is 0.646. The van der Waals surface area contributed by atoms with Crippen LogP contribution in [0.4, 0.5) is 5.69 Å². The molecule has 21 heavy (non-hydrogen) atoms. The van der Waals surface area contributed by atoms with Gasteiger partial charge in [0.25, 0.3) is 5.69 Å². The average molecular weight is 301 g/mol. The van der Waals surface area contributed by atoms with Crippen LogP contribution in [0.15, 0.2) is 24.3 Å². The van der Waals surface area contributed by atoms with Crippen molar-refractivity contribution >= 4 is 17.3 Å². The Kier molecular flexibility index (Phi) is 3.28. The van der Waals surface area contributed by atoms with E-state index in [1.807, 2.05) is 6.07 Å². The van der Waals surface area contributed by atoms with Crippen molar-refractivity contribution in [3.63, 3.8) is 0 Å². The topological polar surface area (TPSA) is 92.7 Å². The number of benzene rings is 1. The second-order valence-electron chi connectivity index (χ2n) is 4.79. The van der Waals surface area contributed by atoms with Crippen LogP contribution in [0.25, 0.3) is 11.4 Å². The number of hydrogen-bond donors (Lipinski definition) is 0. The summed E-state index contributed by atoms with van der Waals surface area (Å²) in [5, 5.41) is 19.9. The first-order valence-electron chi connectivity index (χ1n) is 6.32. The molecule has 0 unspecified atom stereocenters. The highest BCUT2D eigenvalue weighted by Gasteiger charge is 2.30. The van der Waals surface area contributed by atoms with Crippen molar-refractivity contribution in [1.29, 1.82) is 5.26 Å². The molecule has 1 aromatic carbocycles. The lowest BCUT2D eigenvalue weighted by atomic mass is 10.1. The van der Waals surface area contributed by atoms with Crippen molar-refractivity contribution in [2.45, 2.75) is 18.8 Å². The highest BCUT2D eigenvalue weighted by molar-refractivity contribution is 6.30. The van der Waals surface area contributed by atoms with Gasteiger partial charge in [0.1, 0.15) is 11.6 Å². The summed E-state index contributed by atoms with van der Waals surface area (Å²) in [6.45, 7) is 0. The Morgan fingerprint density at radius 3 is 2.48 bits per heavy atom. The van der Waals surface area contributed by atoms with Crippen molar-refractivity contribution < 1.29 is 4.92 Å². The van der Waals surface area contributed by atoms with E-state index in [0.29, 0.717) is 22.6 Å². The number of non-ortho nitro benzene ring substituents is 1. The molecule has 2 aromatic rings. The number of halogens is 1. The van der Waals surface area contributed by atoms with Gasteiger partial charge in [-0.15, -0.1) is 0 Å². The van der Waals surface area contributed by atoms with Gasteiger partial charge in [-0.2, -0.15) is 5.26 Å². The second kappa shape index (κ2) is 5.11. The van der Waals surface area contributed by atoms with Gasteiger partial charge in [0.15, 0.2) is 11.0 Å². The van der Waals surface area contributed by atoms with Crippen LogP contribution in [0.1, 0.15) is 30.0 Å². The van der Waals surface area contributed by atoms with E-state index in [1.165, 1.54) is 12.1 Å². The van der Waals surface area contributed by atoms with E-state index in [4.69, 9.17) is 16.9 Å². The molecule has 1 aliphatic rings. The van der Waals surface area contributed by atoms with Crippen molar-refractivity contribution in [2.75, 3.05) is 0 Å². The van der Waals surface area contributed by atoms with Crippen LogP contribution in [0.3, 0.4) is 0 Å². The number of hydrogen-bond acceptors (Lipinski definition) is 5. The highest BCUT2D eigenvalue weighted by atomic mass is 35.5. The third-order valence-corrected chi connectivity index (χ3v) is 3.58. The second-order valence-corrected chi connectivity index (χ2v) is 5.15. The van der Waals surface area contributed by atoms with Crippen LogP contribution >= 0.6 is 11.6 Å². The van der Waals surface area contributed by atoms with Crippen molar-refractivity contribution in [3.8, 4) is 17.5 Å². The van der Waals surface area contributed by atoms with Crippen molar-refractivity contribution in [2.24, 2.45) is 0 Å². The standard InChI is InChI=1S/C14H9ClN4O2/c15-13-11(7-16)12(8-1-2-8)17-14(18-13)9-3-5-10(6-4-9)19(20)21/h3-6,8H,1-2H2. The minimum absolute atomic E-state index is 0.000841. The number of nitriles is 1. The Morgan fingerprint density at radius 1 is 1.29 bits per heavy atom. The molecule has 0 atom stereocenters. The van der Waals surface area contributed by atoms with Crippen LogP contribution in [-0.4, -0.2) is 14.9 Å². The van der Waals surface area contributed by atoms with E-state index in [9.17, 15) is 10.1 Å². The molecule has 1 heterocycles. The maximum Gasteiger partial charge on any atom is 0.269 e. The first kappa shape index (κ1) is 13.5. The summed E-state index contributed by atoms with van der Waals surface area (Å²) in [6, 6.07) is 7.97. The van der Waals surface area contributed by atoms with Crippen LogP contribution in [0.2, 0.25) is 5.15 Å². The van der Waals surface area contributed by atoms with E-state index in [1.54, 1.807) is 12.1 Å². The molecule has 1 aliphatic carbocycles. The monoisotopic (exact) mass is 300 g/mol. The Labute approximate surface area is 125 Å². The Hall–Kier alpha value is -2.52. The van der Waals surface area contributed by atoms with Gasteiger partial charge in [-0.05, 0) is 25.0 Å². The SMILES string of the molecule is N#Cc1c(Cl)nc(-c2ccc([N+](=O)[O-])cc2)nc1C1CC1. The molecule has 1 fully saturated rings. The molecule has 104 valence electrons. The van der Waals surface area contributed by atoms with Gasteiger partial charge in [0.2, 0.25) is 0 Å². The zero-order valence-electron chi connectivity index (χ0n) is 10.8. The molecule has 0 saturated heterocycles. The number of rotatable bonds is 3. The van der Waals surface area contributed by atoms with Crippen molar-refractivity contribution in [3.05, 3.63) is 50.8 Å². The molecular formula is C14H9ClN4O2. The van der Waals surface area contributed by atoms with Crippen LogP contribution < -0.4 is 0 Å². The zero-order chi connectivity index (χ0) is 15.0. The number of nitrogens with zero attached hydrogens (tertiary/aromatic N) is 4. The molecule has 1 aromatic heterocycles. The third kappa shape index (κ3) is 2.56. The average Bonchev–Trinajstić information content (AvgIpc) is 3.31. The molecule has 1 saturated carbocycles. The molecule has 0 spiro atoms. The van der Waals surface area contributed by atoms with Gasteiger partial charge < -0.3 is 0 Å². The lowest BCUT2D eigenvalue weighted by molar-refractivity contribution is -0.384. The molecule has 0 amide bonds. The van der Waals surface area contributed by atoms with Crippen LogP contribution in [0.5, 0.6) is 0 Å². The summed E-state index contributed by atoms with van der Waals surface area (Å²) >= 11 is 6.06. The Balaban J connectivity index is 2.06. The van der Waals surface area contributed by atoms with E-state index in [-0.39, 0.29) is 16.8 Å². The van der Waals surface area contributed by atoms with Gasteiger partial charge >= 0.3 is 0 Å². The predicted molar refractivity (Wildman–Crippen MR) is 75.8 cm³/mol. The number of nitro benzene ring substituents is 1. The number of aromatic nitrogens is 2. The summed E-state index contributed by atoms with van der Waals surface area (Å²) in [6.07, 6.45) is 1.98. The largest absolute Gasteiger partial charge is 0.269 e. The minimum atomic E-state index is -0.466. The molecule has 0 aliphatic heterocycles. The summed E-state index contributed by atoms with van der Waals surface area (Å²) in [5.41, 5.74) is 1.63. The first-order valence-corrected chi connectivity index (χ1v) is 6.70. The maximum atomic E-state index is 10.7. The van der Waals surface area contributed by atoms with Gasteiger partial charge in [-0.25, -0.2) is 9.97 Å². The molecule has 6 nitrogen and oxygen atoms in total. The Morgan fingerprint density at radius 2 is 1.95 bits per heavy atom. The summed E-state index contributed by atoms with van der Waals surface area (Å²) in [4.78, 5) is 18.7.